The summed E-state index contributed by atoms with van der Waals surface area (Å²) in [4.78, 5) is 9.88. The zero-order chi connectivity index (χ0) is 26.1. The Bertz CT molecular complexity index is 1410. The number of rotatable bonds is 8. The molecule has 1 heterocycles. The van der Waals surface area contributed by atoms with E-state index in [9.17, 15) is 30.8 Å². The van der Waals surface area contributed by atoms with E-state index in [0.717, 1.165) is 28.6 Å². The number of para-hydroxylation sites is 1. The Hall–Kier alpha value is -3.60. The maximum Gasteiger partial charge on any atom is 0.417 e. The lowest BCUT2D eigenvalue weighted by Crippen LogP contribution is -2.31. The third-order valence-corrected chi connectivity index (χ3v) is 7.68. The molecule has 0 radical (unpaired) electrons. The average Bonchev–Trinajstić information content (AvgIpc) is 3.27. The fraction of sp³-hybridized carbons (Fsp3) is 0.240. The van der Waals surface area contributed by atoms with Gasteiger partial charge in [0.25, 0.3) is 10.0 Å². The number of aryl methyl sites for hydroxylation is 1. The Morgan fingerprint density at radius 1 is 1.03 bits per heavy atom. The van der Waals surface area contributed by atoms with Crippen LogP contribution in [0.5, 0.6) is 5.75 Å². The number of fused-ring (bicyclic) bond motifs is 1. The molecule has 0 saturated heterocycles. The predicted octanol–water partition coefficient (Wildman–Crippen LogP) is 5.19. The molecule has 3 aromatic carbocycles. The van der Waals surface area contributed by atoms with Crippen molar-refractivity contribution in [1.82, 2.24) is 0 Å². The molecule has 3 aromatic rings. The van der Waals surface area contributed by atoms with Crippen LogP contribution < -0.4 is 9.04 Å². The number of hydrogen-bond donors (Lipinski definition) is 1. The molecule has 0 spiro atoms. The number of aliphatic carboxylic acids is 1. The van der Waals surface area contributed by atoms with Crippen LogP contribution in [-0.2, 0) is 40.4 Å². The van der Waals surface area contributed by atoms with E-state index in [0.29, 0.717) is 17.5 Å². The van der Waals surface area contributed by atoms with Crippen LogP contribution in [0.3, 0.4) is 0 Å². The van der Waals surface area contributed by atoms with E-state index < -0.39 is 38.4 Å². The number of anilines is 1. The van der Waals surface area contributed by atoms with Gasteiger partial charge in [0.15, 0.2) is 0 Å². The number of benzene rings is 3. The van der Waals surface area contributed by atoms with E-state index in [1.54, 1.807) is 18.2 Å². The first-order valence-electron chi connectivity index (χ1n) is 10.9. The number of sulfonamides is 1. The van der Waals surface area contributed by atoms with Crippen molar-refractivity contribution in [2.45, 2.75) is 36.9 Å². The number of nitrogens with zero attached hydrogens (tertiary/aromatic N) is 1. The van der Waals surface area contributed by atoms with E-state index in [1.807, 2.05) is 0 Å². The van der Waals surface area contributed by atoms with Crippen molar-refractivity contribution in [3.63, 3.8) is 0 Å². The Morgan fingerprint density at radius 3 is 2.47 bits per heavy atom. The minimum atomic E-state index is -4.85. The molecule has 1 aliphatic heterocycles. The largest absolute Gasteiger partial charge is 0.489 e. The summed E-state index contributed by atoms with van der Waals surface area (Å²) >= 11 is 0. The second-order valence-electron chi connectivity index (χ2n) is 8.18. The summed E-state index contributed by atoms with van der Waals surface area (Å²) in [5.74, 6) is -1.55. The standard InChI is InChI=1S/C25H21F4NO5S/c26-21-14-19(10-8-16(21)9-11-23(31)32)35-15-18-5-3-4-17-12-13-30(24(17)18)36(33,34)22-7-2-1-6-20(22)25(27,28)29/h1-8,10,14H,9,11-13,15H2,(H,31,32). The van der Waals surface area contributed by atoms with E-state index in [-0.39, 0.29) is 43.0 Å². The monoisotopic (exact) mass is 523 g/mol. The Balaban J connectivity index is 1.61. The number of carbonyl (C=O) groups is 1. The van der Waals surface area contributed by atoms with Gasteiger partial charge in [-0.1, -0.05) is 36.4 Å². The van der Waals surface area contributed by atoms with Crippen molar-refractivity contribution >= 4 is 21.7 Å². The number of halogens is 4. The molecule has 4 rings (SSSR count). The highest BCUT2D eigenvalue weighted by molar-refractivity contribution is 7.93. The minimum absolute atomic E-state index is 0.0137. The summed E-state index contributed by atoms with van der Waals surface area (Å²) in [6, 6.07) is 13.0. The van der Waals surface area contributed by atoms with Crippen molar-refractivity contribution in [2.24, 2.45) is 0 Å². The normalized spacial score (nSPS) is 13.5. The first-order chi connectivity index (χ1) is 17.0. The number of carboxylic acids is 1. The van der Waals surface area contributed by atoms with E-state index in [2.05, 4.69) is 0 Å². The van der Waals surface area contributed by atoms with Crippen molar-refractivity contribution in [1.29, 1.82) is 0 Å². The van der Waals surface area contributed by atoms with Crippen LogP contribution in [0.1, 0.15) is 28.7 Å². The highest BCUT2D eigenvalue weighted by Gasteiger charge is 2.41. The summed E-state index contributed by atoms with van der Waals surface area (Å²) in [6.45, 7) is -0.197. The molecule has 0 bridgehead atoms. The van der Waals surface area contributed by atoms with E-state index in [1.165, 1.54) is 18.2 Å². The Kier molecular flexibility index (Phi) is 6.94. The zero-order valence-electron chi connectivity index (χ0n) is 18.8. The van der Waals surface area contributed by atoms with Crippen LogP contribution in [0, 0.1) is 5.82 Å². The minimum Gasteiger partial charge on any atom is -0.489 e. The molecule has 6 nitrogen and oxygen atoms in total. The molecule has 1 N–H and O–H groups in total. The molecule has 0 fully saturated rings. The third kappa shape index (κ3) is 5.15. The molecule has 11 heteroatoms. The zero-order valence-corrected chi connectivity index (χ0v) is 19.6. The second kappa shape index (κ2) is 9.81. The van der Waals surface area contributed by atoms with Crippen LogP contribution >= 0.6 is 0 Å². The summed E-state index contributed by atoms with van der Waals surface area (Å²) in [7, 11) is -4.55. The first-order valence-corrected chi connectivity index (χ1v) is 12.4. The molecule has 0 aromatic heterocycles. The fourth-order valence-corrected chi connectivity index (χ4v) is 5.88. The van der Waals surface area contributed by atoms with Gasteiger partial charge in [-0.25, -0.2) is 12.8 Å². The Labute approximate surface area is 204 Å². The first kappa shape index (κ1) is 25.5. The molecule has 0 amide bonds. The van der Waals surface area contributed by atoms with Crippen LogP contribution in [0.15, 0.2) is 65.6 Å². The smallest absolute Gasteiger partial charge is 0.417 e. The van der Waals surface area contributed by atoms with Gasteiger partial charge in [0.05, 0.1) is 16.1 Å². The lowest BCUT2D eigenvalue weighted by atomic mass is 10.1. The maximum absolute atomic E-state index is 14.3. The van der Waals surface area contributed by atoms with E-state index >= 15 is 0 Å². The number of ether oxygens (including phenoxy) is 1. The number of hydrogen-bond acceptors (Lipinski definition) is 4. The molecular weight excluding hydrogens is 502 g/mol. The van der Waals surface area contributed by atoms with Gasteiger partial charge in [0.1, 0.15) is 18.2 Å². The van der Waals surface area contributed by atoms with Crippen molar-refractivity contribution < 1.29 is 40.6 Å². The molecule has 190 valence electrons. The van der Waals surface area contributed by atoms with Crippen LogP contribution in [0.25, 0.3) is 0 Å². The van der Waals surface area contributed by atoms with Gasteiger partial charge in [-0.05, 0) is 42.2 Å². The highest BCUT2D eigenvalue weighted by Crippen LogP contribution is 2.40. The van der Waals surface area contributed by atoms with Gasteiger partial charge in [-0.2, -0.15) is 13.2 Å². The summed E-state index contributed by atoms with van der Waals surface area (Å²) in [5, 5.41) is 8.76. The number of alkyl halides is 3. The van der Waals surface area contributed by atoms with Crippen molar-refractivity contribution in [3.05, 3.63) is 88.7 Å². The van der Waals surface area contributed by atoms with Crippen LogP contribution in [0.4, 0.5) is 23.2 Å². The number of carboxylic acid groups (broad SMARTS) is 1. The fourth-order valence-electron chi connectivity index (χ4n) is 4.12. The van der Waals surface area contributed by atoms with Crippen molar-refractivity contribution in [3.8, 4) is 5.75 Å². The van der Waals surface area contributed by atoms with Gasteiger partial charge in [0.2, 0.25) is 0 Å². The average molecular weight is 524 g/mol. The molecule has 0 atom stereocenters. The molecular formula is C25H21F4NO5S. The lowest BCUT2D eigenvalue weighted by Gasteiger charge is -2.24. The molecule has 36 heavy (non-hydrogen) atoms. The summed E-state index contributed by atoms with van der Waals surface area (Å²) in [6.07, 6.45) is -4.76. The van der Waals surface area contributed by atoms with Gasteiger partial charge < -0.3 is 9.84 Å². The quantitative estimate of drug-likeness (QED) is 0.411. The van der Waals surface area contributed by atoms with Crippen molar-refractivity contribution in [2.75, 3.05) is 10.8 Å². The predicted molar refractivity (Wildman–Crippen MR) is 123 cm³/mol. The highest BCUT2D eigenvalue weighted by atomic mass is 32.2. The molecule has 0 unspecified atom stereocenters. The second-order valence-corrected chi connectivity index (χ2v) is 10.0. The van der Waals surface area contributed by atoms with E-state index in [4.69, 9.17) is 9.84 Å². The van der Waals surface area contributed by atoms with Crippen LogP contribution in [0.2, 0.25) is 0 Å². The summed E-state index contributed by atoms with van der Waals surface area (Å²) in [5.41, 5.74) is 0.261. The summed E-state index contributed by atoms with van der Waals surface area (Å²) < 4.78 is 88.3. The molecule has 0 saturated carbocycles. The Morgan fingerprint density at radius 2 is 1.78 bits per heavy atom. The topological polar surface area (TPSA) is 83.9 Å². The molecule has 1 aliphatic rings. The SMILES string of the molecule is O=C(O)CCc1ccc(OCc2cccc3c2N(S(=O)(=O)c2ccccc2C(F)(F)F)CC3)cc1F. The molecule has 0 aliphatic carbocycles. The van der Waals surface area contributed by atoms with Gasteiger partial charge >= 0.3 is 12.1 Å². The van der Waals surface area contributed by atoms with Gasteiger partial charge in [-0.15, -0.1) is 0 Å². The van der Waals surface area contributed by atoms with Gasteiger partial charge in [0, 0.05) is 24.6 Å². The van der Waals surface area contributed by atoms with Gasteiger partial charge in [-0.3, -0.25) is 9.10 Å². The third-order valence-electron chi connectivity index (χ3n) is 5.82. The van der Waals surface area contributed by atoms with Crippen LogP contribution in [-0.4, -0.2) is 26.0 Å². The maximum atomic E-state index is 14.3. The lowest BCUT2D eigenvalue weighted by molar-refractivity contribution is -0.140.